The fourth-order valence-electron chi connectivity index (χ4n) is 2.27. The number of anilines is 1. The molecule has 0 fully saturated rings. The zero-order valence-electron chi connectivity index (χ0n) is 12.5. The highest BCUT2D eigenvalue weighted by atomic mass is 32.1. The third kappa shape index (κ3) is 3.65. The molecule has 0 aliphatic carbocycles. The van der Waals surface area contributed by atoms with Gasteiger partial charge in [-0.1, -0.05) is 23.5 Å². The van der Waals surface area contributed by atoms with Crippen molar-refractivity contribution in [2.24, 2.45) is 11.7 Å². The van der Waals surface area contributed by atoms with E-state index in [-0.39, 0.29) is 5.82 Å². The van der Waals surface area contributed by atoms with E-state index in [4.69, 9.17) is 5.73 Å². The van der Waals surface area contributed by atoms with Crippen molar-refractivity contribution in [3.05, 3.63) is 47.5 Å². The molecule has 120 valence electrons. The lowest BCUT2D eigenvalue weighted by molar-refractivity contribution is -0.121. The molecule has 2 aromatic heterocycles. The number of amides is 1. The van der Waals surface area contributed by atoms with Crippen LogP contribution in [0, 0.1) is 18.7 Å². The van der Waals surface area contributed by atoms with Gasteiger partial charge in [-0.25, -0.2) is 13.9 Å². The number of nitrogens with one attached hydrogen (secondary N) is 1. The number of hydrogen-bond acceptors (Lipinski definition) is 5. The lowest BCUT2D eigenvalue weighted by Gasteiger charge is -2.13. The summed E-state index contributed by atoms with van der Waals surface area (Å²) in [6, 6.07) is 6.06. The quantitative estimate of drug-likeness (QED) is 0.722. The van der Waals surface area contributed by atoms with Crippen LogP contribution < -0.4 is 11.1 Å². The Kier molecular flexibility index (Phi) is 4.24. The zero-order valence-corrected chi connectivity index (χ0v) is 13.3. The van der Waals surface area contributed by atoms with Crippen LogP contribution in [0.25, 0.3) is 4.96 Å². The fourth-order valence-corrected chi connectivity index (χ4v) is 3.10. The number of nitrogens with zero attached hydrogens (tertiary/aromatic N) is 3. The van der Waals surface area contributed by atoms with Crippen LogP contribution in [0.3, 0.4) is 0 Å². The molecule has 3 N–H and O–H groups in total. The van der Waals surface area contributed by atoms with Crippen molar-refractivity contribution in [2.75, 3.05) is 11.9 Å². The molecule has 6 nitrogen and oxygen atoms in total. The van der Waals surface area contributed by atoms with Crippen molar-refractivity contribution < 1.29 is 9.18 Å². The van der Waals surface area contributed by atoms with Gasteiger partial charge in [0.2, 0.25) is 16.0 Å². The molecule has 0 spiro atoms. The molecule has 8 heteroatoms. The average molecular weight is 333 g/mol. The summed E-state index contributed by atoms with van der Waals surface area (Å²) < 4.78 is 14.6. The maximum atomic E-state index is 12.9. The Labute approximate surface area is 136 Å². The van der Waals surface area contributed by atoms with Crippen LogP contribution in [0.4, 0.5) is 9.52 Å². The van der Waals surface area contributed by atoms with Crippen molar-refractivity contribution in [3.63, 3.8) is 0 Å². The number of aryl methyl sites for hydroxylation is 1. The van der Waals surface area contributed by atoms with Gasteiger partial charge in [0.1, 0.15) is 5.82 Å². The summed E-state index contributed by atoms with van der Waals surface area (Å²) in [5, 5.41) is 8.15. The second-order valence-corrected chi connectivity index (χ2v) is 6.28. The Hall–Kier alpha value is -2.48. The summed E-state index contributed by atoms with van der Waals surface area (Å²) in [5.41, 5.74) is 7.23. The van der Waals surface area contributed by atoms with Gasteiger partial charge in [-0.15, -0.1) is 5.10 Å². The van der Waals surface area contributed by atoms with Gasteiger partial charge in [0.15, 0.2) is 0 Å². The number of primary amides is 1. The van der Waals surface area contributed by atoms with Crippen molar-refractivity contribution in [2.45, 2.75) is 13.3 Å². The summed E-state index contributed by atoms with van der Waals surface area (Å²) >= 11 is 1.41. The molecule has 3 rings (SSSR count). The SMILES string of the molecule is Cc1cn2nc(NCC(Cc3ccc(F)cc3)C(N)=O)sc2n1. The van der Waals surface area contributed by atoms with Gasteiger partial charge in [-0.05, 0) is 31.0 Å². The van der Waals surface area contributed by atoms with E-state index in [1.54, 1.807) is 16.6 Å². The number of imidazole rings is 1. The number of rotatable bonds is 6. The van der Waals surface area contributed by atoms with E-state index in [2.05, 4.69) is 15.4 Å². The summed E-state index contributed by atoms with van der Waals surface area (Å²) in [6.45, 7) is 2.27. The highest BCUT2D eigenvalue weighted by Gasteiger charge is 2.17. The van der Waals surface area contributed by atoms with Crippen LogP contribution >= 0.6 is 11.3 Å². The lowest BCUT2D eigenvalue weighted by atomic mass is 9.99. The number of carbonyl (C=O) groups excluding carboxylic acids is 1. The number of fused-ring (bicyclic) bond motifs is 1. The molecule has 0 saturated heterocycles. The van der Waals surface area contributed by atoms with Gasteiger partial charge in [0.25, 0.3) is 0 Å². The monoisotopic (exact) mass is 333 g/mol. The third-order valence-electron chi connectivity index (χ3n) is 3.46. The molecule has 0 saturated carbocycles. The maximum Gasteiger partial charge on any atom is 0.222 e. The van der Waals surface area contributed by atoms with Crippen molar-refractivity contribution in [1.82, 2.24) is 14.6 Å². The molecule has 0 radical (unpaired) electrons. The minimum Gasteiger partial charge on any atom is -0.369 e. The smallest absolute Gasteiger partial charge is 0.222 e. The lowest BCUT2D eigenvalue weighted by Crippen LogP contribution is -2.31. The Morgan fingerprint density at radius 2 is 2.17 bits per heavy atom. The molecule has 0 aliphatic heterocycles. The van der Waals surface area contributed by atoms with Gasteiger partial charge in [0.05, 0.1) is 17.8 Å². The third-order valence-corrected chi connectivity index (χ3v) is 4.34. The molecular weight excluding hydrogens is 317 g/mol. The van der Waals surface area contributed by atoms with Gasteiger partial charge in [0, 0.05) is 6.54 Å². The summed E-state index contributed by atoms with van der Waals surface area (Å²) in [5.74, 6) is -1.11. The maximum absolute atomic E-state index is 12.9. The molecule has 0 bridgehead atoms. The molecule has 1 amide bonds. The summed E-state index contributed by atoms with van der Waals surface area (Å²) in [6.07, 6.45) is 2.28. The minimum absolute atomic E-state index is 0.302. The van der Waals surface area contributed by atoms with E-state index >= 15 is 0 Å². The van der Waals surface area contributed by atoms with E-state index < -0.39 is 11.8 Å². The van der Waals surface area contributed by atoms with Crippen LogP contribution in [-0.4, -0.2) is 27.0 Å². The van der Waals surface area contributed by atoms with Crippen LogP contribution in [0.1, 0.15) is 11.3 Å². The second kappa shape index (κ2) is 6.33. The first-order valence-corrected chi connectivity index (χ1v) is 7.93. The van der Waals surface area contributed by atoms with Crippen molar-refractivity contribution in [1.29, 1.82) is 0 Å². The number of aromatic nitrogens is 3. The van der Waals surface area contributed by atoms with Crippen molar-refractivity contribution >= 4 is 27.3 Å². The normalized spacial score (nSPS) is 12.4. The van der Waals surface area contributed by atoms with Crippen molar-refractivity contribution in [3.8, 4) is 0 Å². The first-order valence-electron chi connectivity index (χ1n) is 7.11. The van der Waals surface area contributed by atoms with Gasteiger partial charge >= 0.3 is 0 Å². The van der Waals surface area contributed by atoms with Crippen LogP contribution in [0.5, 0.6) is 0 Å². The highest BCUT2D eigenvalue weighted by Crippen LogP contribution is 2.20. The van der Waals surface area contributed by atoms with E-state index in [0.717, 1.165) is 16.2 Å². The molecular formula is C15H16FN5OS. The number of nitrogens with two attached hydrogens (primary N) is 1. The van der Waals surface area contributed by atoms with Gasteiger partial charge in [-0.2, -0.15) is 0 Å². The molecule has 0 aliphatic rings. The first-order chi connectivity index (χ1) is 11.0. The number of halogens is 1. The van der Waals surface area contributed by atoms with E-state index in [1.807, 2.05) is 13.1 Å². The first kappa shape index (κ1) is 15.4. The van der Waals surface area contributed by atoms with Crippen LogP contribution in [-0.2, 0) is 11.2 Å². The minimum atomic E-state index is -0.404. The largest absolute Gasteiger partial charge is 0.369 e. The number of benzene rings is 1. The summed E-state index contributed by atoms with van der Waals surface area (Å²) in [7, 11) is 0. The Bertz CT molecular complexity index is 795. The molecule has 23 heavy (non-hydrogen) atoms. The predicted octanol–water partition coefficient (Wildman–Crippen LogP) is 1.99. The molecule has 3 aromatic rings. The zero-order chi connectivity index (χ0) is 16.4. The van der Waals surface area contributed by atoms with E-state index in [0.29, 0.717) is 18.1 Å². The standard InChI is InChI=1S/C15H16FN5OS/c1-9-8-21-15(19-9)23-14(20-21)18-7-11(13(17)22)6-10-2-4-12(16)5-3-10/h2-5,8,11H,6-7H2,1H3,(H2,17,22)(H,18,20). The van der Waals surface area contributed by atoms with E-state index in [9.17, 15) is 9.18 Å². The second-order valence-electron chi connectivity index (χ2n) is 5.33. The fraction of sp³-hybridized carbons (Fsp3) is 0.267. The Morgan fingerprint density at radius 1 is 1.43 bits per heavy atom. The topological polar surface area (TPSA) is 85.3 Å². The van der Waals surface area contributed by atoms with Crippen LogP contribution in [0.15, 0.2) is 30.5 Å². The Balaban J connectivity index is 1.65. The van der Waals surface area contributed by atoms with Gasteiger partial charge < -0.3 is 11.1 Å². The van der Waals surface area contributed by atoms with Gasteiger partial charge in [-0.3, -0.25) is 4.79 Å². The average Bonchev–Trinajstić information content (AvgIpc) is 3.01. The predicted molar refractivity (Wildman–Crippen MR) is 86.9 cm³/mol. The molecule has 1 atom stereocenters. The van der Waals surface area contributed by atoms with Crippen LogP contribution in [0.2, 0.25) is 0 Å². The van der Waals surface area contributed by atoms with E-state index in [1.165, 1.54) is 23.5 Å². The summed E-state index contributed by atoms with van der Waals surface area (Å²) in [4.78, 5) is 16.7. The Morgan fingerprint density at radius 3 is 2.83 bits per heavy atom. The molecule has 1 aromatic carbocycles. The molecule has 1 unspecified atom stereocenters. The number of hydrogen-bond donors (Lipinski definition) is 2. The highest BCUT2D eigenvalue weighted by molar-refractivity contribution is 7.20. The molecule has 2 heterocycles. The number of carbonyl (C=O) groups is 1.